The summed E-state index contributed by atoms with van der Waals surface area (Å²) in [4.78, 5) is 12.3. The lowest BCUT2D eigenvalue weighted by atomic mass is 9.99. The van der Waals surface area contributed by atoms with E-state index in [1.807, 2.05) is 0 Å². The molecule has 0 bridgehead atoms. The molecule has 1 unspecified atom stereocenters. The third-order valence-electron chi connectivity index (χ3n) is 3.56. The van der Waals surface area contributed by atoms with Gasteiger partial charge in [0, 0.05) is 6.54 Å². The first kappa shape index (κ1) is 18.5. The second-order valence-electron chi connectivity index (χ2n) is 5.55. The molecule has 0 aliphatic rings. The van der Waals surface area contributed by atoms with Crippen LogP contribution in [-0.2, 0) is 10.0 Å². The molecule has 0 fully saturated rings. The molecule has 1 aromatic carbocycles. The predicted octanol–water partition coefficient (Wildman–Crippen LogP) is 3.00. The monoisotopic (exact) mass is 326 g/mol. The van der Waals surface area contributed by atoms with Gasteiger partial charge in [-0.05, 0) is 24.5 Å². The molecular weight excluding hydrogens is 300 g/mol. The van der Waals surface area contributed by atoms with E-state index in [1.54, 1.807) is 24.3 Å². The first-order valence-electron chi connectivity index (χ1n) is 7.72. The Labute approximate surface area is 133 Å². The molecule has 5 nitrogen and oxygen atoms in total. The smallest absolute Gasteiger partial charge is 0.253 e. The highest BCUT2D eigenvalue weighted by molar-refractivity contribution is 7.92. The zero-order chi connectivity index (χ0) is 16.6. The van der Waals surface area contributed by atoms with Crippen LogP contribution in [-0.4, -0.2) is 27.1 Å². The molecule has 1 amide bonds. The van der Waals surface area contributed by atoms with E-state index in [2.05, 4.69) is 23.9 Å². The number of rotatable bonds is 9. The van der Waals surface area contributed by atoms with Crippen LogP contribution in [0.3, 0.4) is 0 Å². The molecular formula is C16H26N2O3S. The summed E-state index contributed by atoms with van der Waals surface area (Å²) in [6.07, 6.45) is 5.48. The highest BCUT2D eigenvalue weighted by atomic mass is 32.2. The van der Waals surface area contributed by atoms with Gasteiger partial charge in [-0.1, -0.05) is 45.2 Å². The van der Waals surface area contributed by atoms with Crippen LogP contribution in [0.2, 0.25) is 0 Å². The normalized spacial score (nSPS) is 12.7. The molecule has 1 aromatic rings. The molecule has 22 heavy (non-hydrogen) atoms. The van der Waals surface area contributed by atoms with Crippen molar-refractivity contribution in [3.8, 4) is 0 Å². The maximum absolute atomic E-state index is 12.3. The van der Waals surface area contributed by atoms with E-state index in [-0.39, 0.29) is 5.91 Å². The molecule has 0 saturated heterocycles. The summed E-state index contributed by atoms with van der Waals surface area (Å²) >= 11 is 0. The molecule has 0 aliphatic carbocycles. The summed E-state index contributed by atoms with van der Waals surface area (Å²) in [6, 6.07) is 6.62. The molecule has 124 valence electrons. The largest absolute Gasteiger partial charge is 0.352 e. The SMILES string of the molecule is CCCCC(CC)CNC(=O)c1ccccc1NS(C)(=O)=O. The maximum atomic E-state index is 12.3. The molecule has 0 saturated carbocycles. The average Bonchev–Trinajstić information content (AvgIpc) is 2.46. The van der Waals surface area contributed by atoms with E-state index >= 15 is 0 Å². The van der Waals surface area contributed by atoms with Gasteiger partial charge >= 0.3 is 0 Å². The fourth-order valence-electron chi connectivity index (χ4n) is 2.25. The van der Waals surface area contributed by atoms with Crippen LogP contribution in [0, 0.1) is 5.92 Å². The van der Waals surface area contributed by atoms with E-state index in [9.17, 15) is 13.2 Å². The van der Waals surface area contributed by atoms with Gasteiger partial charge in [-0.3, -0.25) is 9.52 Å². The van der Waals surface area contributed by atoms with Crippen LogP contribution in [0.4, 0.5) is 5.69 Å². The van der Waals surface area contributed by atoms with E-state index in [0.29, 0.717) is 23.7 Å². The Morgan fingerprint density at radius 3 is 2.50 bits per heavy atom. The second-order valence-corrected chi connectivity index (χ2v) is 7.29. The zero-order valence-corrected chi connectivity index (χ0v) is 14.4. The van der Waals surface area contributed by atoms with Crippen molar-refractivity contribution in [2.24, 2.45) is 5.92 Å². The Hall–Kier alpha value is -1.56. The van der Waals surface area contributed by atoms with Gasteiger partial charge in [-0.25, -0.2) is 8.42 Å². The number of benzene rings is 1. The number of hydrogen-bond donors (Lipinski definition) is 2. The lowest BCUT2D eigenvalue weighted by molar-refractivity contribution is 0.0946. The number of carbonyl (C=O) groups is 1. The first-order valence-corrected chi connectivity index (χ1v) is 9.61. The van der Waals surface area contributed by atoms with Gasteiger partial charge in [0.2, 0.25) is 10.0 Å². The lowest BCUT2D eigenvalue weighted by Crippen LogP contribution is -2.30. The number of nitrogens with one attached hydrogen (secondary N) is 2. The molecule has 0 radical (unpaired) electrons. The molecule has 0 aliphatic heterocycles. The van der Waals surface area contributed by atoms with E-state index < -0.39 is 10.0 Å². The molecule has 1 rings (SSSR count). The van der Waals surface area contributed by atoms with Crippen LogP contribution >= 0.6 is 0 Å². The Balaban J connectivity index is 2.73. The summed E-state index contributed by atoms with van der Waals surface area (Å²) in [5.74, 6) is 0.209. The highest BCUT2D eigenvalue weighted by Gasteiger charge is 2.15. The van der Waals surface area contributed by atoms with Crippen molar-refractivity contribution in [1.82, 2.24) is 5.32 Å². The minimum Gasteiger partial charge on any atom is -0.352 e. The van der Waals surface area contributed by atoms with Gasteiger partial charge < -0.3 is 5.32 Å². The van der Waals surface area contributed by atoms with Gasteiger partial charge in [-0.15, -0.1) is 0 Å². The van der Waals surface area contributed by atoms with Crippen molar-refractivity contribution in [3.63, 3.8) is 0 Å². The second kappa shape index (κ2) is 8.78. The van der Waals surface area contributed by atoms with Gasteiger partial charge in [0.05, 0.1) is 17.5 Å². The Bertz CT molecular complexity index is 585. The summed E-state index contributed by atoms with van der Waals surface area (Å²) in [5.41, 5.74) is 0.655. The van der Waals surface area contributed by atoms with Gasteiger partial charge in [0.1, 0.15) is 0 Å². The van der Waals surface area contributed by atoms with Crippen molar-refractivity contribution >= 4 is 21.6 Å². The van der Waals surface area contributed by atoms with E-state index in [4.69, 9.17) is 0 Å². The van der Waals surface area contributed by atoms with Gasteiger partial charge in [0.25, 0.3) is 5.91 Å². The van der Waals surface area contributed by atoms with E-state index in [1.165, 1.54) is 0 Å². The molecule has 0 heterocycles. The number of hydrogen-bond acceptors (Lipinski definition) is 3. The summed E-state index contributed by atoms with van der Waals surface area (Å²) < 4.78 is 25.1. The van der Waals surface area contributed by atoms with Crippen LogP contribution in [0.1, 0.15) is 49.9 Å². The molecule has 0 aromatic heterocycles. The minimum absolute atomic E-state index is 0.248. The number of amides is 1. The van der Waals surface area contributed by atoms with Crippen molar-refractivity contribution in [2.75, 3.05) is 17.5 Å². The number of para-hydroxylation sites is 1. The van der Waals surface area contributed by atoms with Crippen LogP contribution in [0.25, 0.3) is 0 Å². The first-order chi connectivity index (χ1) is 10.4. The average molecular weight is 326 g/mol. The lowest BCUT2D eigenvalue weighted by Gasteiger charge is -2.16. The molecule has 1 atom stereocenters. The fourth-order valence-corrected chi connectivity index (χ4v) is 2.82. The van der Waals surface area contributed by atoms with Crippen LogP contribution < -0.4 is 10.0 Å². The Morgan fingerprint density at radius 2 is 1.91 bits per heavy atom. The van der Waals surface area contributed by atoms with E-state index in [0.717, 1.165) is 31.9 Å². The molecule has 2 N–H and O–H groups in total. The van der Waals surface area contributed by atoms with Crippen molar-refractivity contribution in [1.29, 1.82) is 0 Å². The Kier molecular flexibility index (Phi) is 7.38. The number of carbonyl (C=O) groups excluding carboxylic acids is 1. The Morgan fingerprint density at radius 1 is 1.23 bits per heavy atom. The fraction of sp³-hybridized carbons (Fsp3) is 0.562. The summed E-state index contributed by atoms with van der Waals surface area (Å²) in [5, 5.41) is 2.91. The number of anilines is 1. The van der Waals surface area contributed by atoms with Crippen molar-refractivity contribution < 1.29 is 13.2 Å². The molecule has 0 spiro atoms. The number of unbranched alkanes of at least 4 members (excludes halogenated alkanes) is 1. The topological polar surface area (TPSA) is 75.3 Å². The third kappa shape index (κ3) is 6.47. The minimum atomic E-state index is -3.41. The molecule has 6 heteroatoms. The summed E-state index contributed by atoms with van der Waals surface area (Å²) in [7, 11) is -3.41. The predicted molar refractivity (Wildman–Crippen MR) is 90.5 cm³/mol. The van der Waals surface area contributed by atoms with Gasteiger partial charge in [-0.2, -0.15) is 0 Å². The van der Waals surface area contributed by atoms with Crippen LogP contribution in [0.5, 0.6) is 0 Å². The zero-order valence-electron chi connectivity index (χ0n) is 13.6. The third-order valence-corrected chi connectivity index (χ3v) is 4.15. The standard InChI is InChI=1S/C16H26N2O3S/c1-4-6-9-13(5-2)12-17-16(19)14-10-7-8-11-15(14)18-22(3,20)21/h7-8,10-11,13,18H,4-6,9,12H2,1-3H3,(H,17,19). The highest BCUT2D eigenvalue weighted by Crippen LogP contribution is 2.17. The maximum Gasteiger partial charge on any atom is 0.253 e. The van der Waals surface area contributed by atoms with Crippen molar-refractivity contribution in [3.05, 3.63) is 29.8 Å². The van der Waals surface area contributed by atoms with Gasteiger partial charge in [0.15, 0.2) is 0 Å². The number of sulfonamides is 1. The van der Waals surface area contributed by atoms with Crippen LogP contribution in [0.15, 0.2) is 24.3 Å². The summed E-state index contributed by atoms with van der Waals surface area (Å²) in [6.45, 7) is 4.88. The van der Waals surface area contributed by atoms with Crippen molar-refractivity contribution in [2.45, 2.75) is 39.5 Å². The quantitative estimate of drug-likeness (QED) is 0.732.